The summed E-state index contributed by atoms with van der Waals surface area (Å²) >= 11 is 1.51. The van der Waals surface area contributed by atoms with Gasteiger partial charge < -0.3 is 0 Å². The van der Waals surface area contributed by atoms with E-state index >= 15 is 0 Å². The first-order chi connectivity index (χ1) is 7.36. The normalized spacial score (nSPS) is 10.9. The molecule has 0 bridgehead atoms. The smallest absolute Gasteiger partial charge is 0.197 e. The molecule has 72 valence electrons. The van der Waals surface area contributed by atoms with Gasteiger partial charge in [-0.25, -0.2) is 0 Å². The Morgan fingerprint density at radius 2 is 1.87 bits per heavy atom. The summed E-state index contributed by atoms with van der Waals surface area (Å²) in [7, 11) is 0. The van der Waals surface area contributed by atoms with Crippen molar-refractivity contribution in [1.29, 1.82) is 0 Å². The molecular formula is C13H8OS. The van der Waals surface area contributed by atoms with E-state index in [-0.39, 0.29) is 5.43 Å². The largest absolute Gasteiger partial charge is 0.288 e. The van der Waals surface area contributed by atoms with Crippen molar-refractivity contribution in [2.75, 3.05) is 0 Å². The number of fused-ring (bicyclic) bond motifs is 3. The lowest BCUT2D eigenvalue weighted by atomic mass is 10.0. The molecule has 0 atom stereocenters. The Labute approximate surface area is 91.0 Å². The van der Waals surface area contributed by atoms with E-state index in [1.54, 1.807) is 6.07 Å². The molecule has 0 fully saturated rings. The summed E-state index contributed by atoms with van der Waals surface area (Å²) < 4.78 is 0.855. The van der Waals surface area contributed by atoms with Crippen LogP contribution < -0.4 is 5.43 Å². The van der Waals surface area contributed by atoms with Crippen LogP contribution in [0.1, 0.15) is 0 Å². The van der Waals surface area contributed by atoms with Crippen LogP contribution >= 0.6 is 11.3 Å². The molecule has 0 unspecified atom stereocenters. The monoisotopic (exact) mass is 212 g/mol. The third-order valence-corrected chi connectivity index (χ3v) is 3.47. The summed E-state index contributed by atoms with van der Waals surface area (Å²) in [6.45, 7) is 0. The summed E-state index contributed by atoms with van der Waals surface area (Å²) in [6, 6.07) is 13.7. The Kier molecular flexibility index (Phi) is 1.82. The first-order valence-corrected chi connectivity index (χ1v) is 5.63. The molecule has 0 saturated heterocycles. The Hall–Kier alpha value is -1.67. The average molecular weight is 212 g/mol. The van der Waals surface area contributed by atoms with Crippen molar-refractivity contribution in [3.63, 3.8) is 0 Å². The van der Waals surface area contributed by atoms with Gasteiger partial charge in [-0.2, -0.15) is 0 Å². The summed E-state index contributed by atoms with van der Waals surface area (Å²) in [5, 5.41) is 3.04. The molecule has 0 amide bonds. The van der Waals surface area contributed by atoms with Gasteiger partial charge in [-0.3, -0.25) is 4.79 Å². The number of rotatable bonds is 0. The predicted molar refractivity (Wildman–Crippen MR) is 64.7 cm³/mol. The molecule has 15 heavy (non-hydrogen) atoms. The van der Waals surface area contributed by atoms with Crippen molar-refractivity contribution in [1.82, 2.24) is 0 Å². The van der Waals surface area contributed by atoms with Crippen molar-refractivity contribution < 1.29 is 0 Å². The van der Waals surface area contributed by atoms with Crippen LogP contribution in [0.5, 0.6) is 0 Å². The Balaban J connectivity index is 2.63. The number of hydrogen-bond donors (Lipinski definition) is 0. The first-order valence-electron chi connectivity index (χ1n) is 4.75. The lowest BCUT2D eigenvalue weighted by Gasteiger charge is -2.01. The highest BCUT2D eigenvalue weighted by Crippen LogP contribution is 2.29. The van der Waals surface area contributed by atoms with Crippen LogP contribution in [-0.2, 0) is 0 Å². The highest BCUT2D eigenvalue weighted by Gasteiger charge is 2.08. The van der Waals surface area contributed by atoms with Gasteiger partial charge in [0.1, 0.15) is 0 Å². The van der Waals surface area contributed by atoms with Gasteiger partial charge in [-0.05, 0) is 28.6 Å². The molecule has 1 heterocycles. The second-order valence-electron chi connectivity index (χ2n) is 3.45. The lowest BCUT2D eigenvalue weighted by Crippen LogP contribution is -1.98. The molecule has 2 aliphatic rings. The van der Waals surface area contributed by atoms with Gasteiger partial charge in [0.25, 0.3) is 0 Å². The zero-order valence-electron chi connectivity index (χ0n) is 7.94. The molecule has 0 radical (unpaired) electrons. The Morgan fingerprint density at radius 3 is 2.80 bits per heavy atom. The molecule has 2 aliphatic carbocycles. The van der Waals surface area contributed by atoms with E-state index in [1.165, 1.54) is 11.3 Å². The molecule has 0 aliphatic heterocycles. The summed E-state index contributed by atoms with van der Waals surface area (Å²) in [5.41, 5.74) is 2.28. The third kappa shape index (κ3) is 1.26. The number of benzene rings is 1. The second-order valence-corrected chi connectivity index (χ2v) is 4.37. The maximum Gasteiger partial charge on any atom is 0.197 e. The Morgan fingerprint density at radius 1 is 1.00 bits per heavy atom. The maximum atomic E-state index is 11.8. The van der Waals surface area contributed by atoms with Gasteiger partial charge in [0.15, 0.2) is 5.43 Å². The van der Waals surface area contributed by atoms with Gasteiger partial charge in [0.2, 0.25) is 0 Å². The second kappa shape index (κ2) is 3.17. The molecule has 3 rings (SSSR count). The van der Waals surface area contributed by atoms with E-state index in [2.05, 4.69) is 6.07 Å². The van der Waals surface area contributed by atoms with Crippen LogP contribution in [0.2, 0.25) is 0 Å². The minimum Gasteiger partial charge on any atom is -0.288 e. The fourth-order valence-electron chi connectivity index (χ4n) is 1.85. The van der Waals surface area contributed by atoms with Crippen molar-refractivity contribution >= 4 is 21.4 Å². The van der Waals surface area contributed by atoms with Crippen LogP contribution in [-0.4, -0.2) is 0 Å². The third-order valence-electron chi connectivity index (χ3n) is 2.54. The molecule has 0 N–H and O–H groups in total. The van der Waals surface area contributed by atoms with Crippen LogP contribution in [0.15, 0.2) is 52.6 Å². The van der Waals surface area contributed by atoms with Crippen molar-refractivity contribution in [2.24, 2.45) is 0 Å². The predicted octanol–water partition coefficient (Wildman–Crippen LogP) is 3.37. The topological polar surface area (TPSA) is 17.1 Å². The number of hydrogen-bond acceptors (Lipinski definition) is 2. The average Bonchev–Trinajstić information content (AvgIpc) is 2.60. The molecule has 0 aromatic carbocycles. The highest BCUT2D eigenvalue weighted by molar-refractivity contribution is 7.17. The van der Waals surface area contributed by atoms with Crippen LogP contribution in [0.3, 0.4) is 0 Å². The van der Waals surface area contributed by atoms with Crippen molar-refractivity contribution in [3.05, 3.63) is 58.1 Å². The molecule has 1 aromatic rings. The van der Waals surface area contributed by atoms with Crippen molar-refractivity contribution in [3.8, 4) is 11.1 Å². The van der Waals surface area contributed by atoms with Crippen LogP contribution in [0, 0.1) is 0 Å². The van der Waals surface area contributed by atoms with E-state index in [9.17, 15) is 4.79 Å². The molecule has 1 aromatic heterocycles. The quantitative estimate of drug-likeness (QED) is 0.558. The van der Waals surface area contributed by atoms with E-state index in [1.807, 2.05) is 35.7 Å². The summed E-state index contributed by atoms with van der Waals surface area (Å²) in [4.78, 5) is 11.8. The van der Waals surface area contributed by atoms with E-state index in [0.717, 1.165) is 21.2 Å². The zero-order chi connectivity index (χ0) is 10.3. The van der Waals surface area contributed by atoms with Crippen LogP contribution in [0.4, 0.5) is 0 Å². The molecule has 0 saturated carbocycles. The van der Waals surface area contributed by atoms with E-state index in [4.69, 9.17) is 0 Å². The van der Waals surface area contributed by atoms with Crippen LogP contribution in [0.25, 0.3) is 21.2 Å². The van der Waals surface area contributed by atoms with Gasteiger partial charge >= 0.3 is 0 Å². The zero-order valence-corrected chi connectivity index (χ0v) is 8.75. The summed E-state index contributed by atoms with van der Waals surface area (Å²) in [5.74, 6) is 0. The van der Waals surface area contributed by atoms with Gasteiger partial charge in [-0.15, -0.1) is 11.3 Å². The standard InChI is InChI=1S/C13H8OS/c14-12-8-9-4-2-1-3-5-10(9)11-6-7-15-13(11)12/h1-8H. The number of thiophene rings is 1. The highest BCUT2D eigenvalue weighted by atomic mass is 32.1. The maximum absolute atomic E-state index is 11.8. The summed E-state index contributed by atoms with van der Waals surface area (Å²) in [6.07, 6.45) is 0. The van der Waals surface area contributed by atoms with E-state index < -0.39 is 0 Å². The Bertz CT molecular complexity index is 654. The van der Waals surface area contributed by atoms with Gasteiger partial charge in [0.05, 0.1) is 4.70 Å². The lowest BCUT2D eigenvalue weighted by molar-refractivity contribution is 1.68. The molecule has 0 spiro atoms. The fourth-order valence-corrected chi connectivity index (χ4v) is 2.67. The SMILES string of the molecule is O=c1cc2cccccc-2c2ccsc12. The first kappa shape index (κ1) is 8.62. The minimum atomic E-state index is 0.124. The fraction of sp³-hybridized carbons (Fsp3) is 0. The molecule has 1 nitrogen and oxygen atoms in total. The molecule has 2 heteroatoms. The van der Waals surface area contributed by atoms with Gasteiger partial charge in [0, 0.05) is 5.39 Å². The molecular weight excluding hydrogens is 204 g/mol. The van der Waals surface area contributed by atoms with E-state index in [0.29, 0.717) is 0 Å². The van der Waals surface area contributed by atoms with Crippen molar-refractivity contribution in [2.45, 2.75) is 0 Å². The minimum absolute atomic E-state index is 0.124. The van der Waals surface area contributed by atoms with Gasteiger partial charge in [-0.1, -0.05) is 30.3 Å².